The predicted molar refractivity (Wildman–Crippen MR) is 53.2 cm³/mol. The predicted octanol–water partition coefficient (Wildman–Crippen LogP) is 1.48. The zero-order chi connectivity index (χ0) is 10.4. The Morgan fingerprint density at radius 1 is 1.54 bits per heavy atom. The maximum atomic E-state index is 11.0. The van der Waals surface area contributed by atoms with Gasteiger partial charge in [0.25, 0.3) is 0 Å². The van der Waals surface area contributed by atoms with Gasteiger partial charge in [0, 0.05) is 11.6 Å². The first-order chi connectivity index (χ1) is 5.93. The SMILES string of the molecule is C=C(C)C(=O)OCC(N)CC(C)C. The van der Waals surface area contributed by atoms with Crippen molar-refractivity contribution in [2.24, 2.45) is 11.7 Å². The zero-order valence-electron chi connectivity index (χ0n) is 8.67. The summed E-state index contributed by atoms with van der Waals surface area (Å²) in [7, 11) is 0. The quantitative estimate of drug-likeness (QED) is 0.521. The highest BCUT2D eigenvalue weighted by atomic mass is 16.5. The van der Waals surface area contributed by atoms with Crippen molar-refractivity contribution in [1.29, 1.82) is 0 Å². The lowest BCUT2D eigenvalue weighted by Gasteiger charge is -2.13. The largest absolute Gasteiger partial charge is 0.461 e. The van der Waals surface area contributed by atoms with Gasteiger partial charge >= 0.3 is 5.97 Å². The Balaban J connectivity index is 3.64. The molecule has 3 nitrogen and oxygen atoms in total. The Hall–Kier alpha value is -0.830. The Morgan fingerprint density at radius 2 is 2.08 bits per heavy atom. The zero-order valence-corrected chi connectivity index (χ0v) is 8.67. The summed E-state index contributed by atoms with van der Waals surface area (Å²) >= 11 is 0. The molecule has 0 aromatic carbocycles. The van der Waals surface area contributed by atoms with E-state index in [4.69, 9.17) is 10.5 Å². The van der Waals surface area contributed by atoms with E-state index in [1.54, 1.807) is 6.92 Å². The molecule has 0 bridgehead atoms. The van der Waals surface area contributed by atoms with Crippen LogP contribution in [0.3, 0.4) is 0 Å². The van der Waals surface area contributed by atoms with E-state index < -0.39 is 0 Å². The molecule has 0 aliphatic rings. The lowest BCUT2D eigenvalue weighted by atomic mass is 10.1. The van der Waals surface area contributed by atoms with Crippen LogP contribution in [0.25, 0.3) is 0 Å². The van der Waals surface area contributed by atoms with Gasteiger partial charge in [-0.25, -0.2) is 4.79 Å². The van der Waals surface area contributed by atoms with Gasteiger partial charge in [-0.2, -0.15) is 0 Å². The van der Waals surface area contributed by atoms with Crippen molar-refractivity contribution in [3.05, 3.63) is 12.2 Å². The molecule has 0 fully saturated rings. The molecular formula is C10H19NO2. The number of carbonyl (C=O) groups is 1. The van der Waals surface area contributed by atoms with E-state index in [0.29, 0.717) is 11.5 Å². The first-order valence-corrected chi connectivity index (χ1v) is 4.51. The average molecular weight is 185 g/mol. The first-order valence-electron chi connectivity index (χ1n) is 4.51. The summed E-state index contributed by atoms with van der Waals surface area (Å²) in [5.74, 6) is 0.165. The van der Waals surface area contributed by atoms with Crippen LogP contribution in [0.15, 0.2) is 12.2 Å². The van der Waals surface area contributed by atoms with Gasteiger partial charge in [0.15, 0.2) is 0 Å². The lowest BCUT2D eigenvalue weighted by molar-refractivity contribution is -0.139. The molecule has 1 unspecified atom stereocenters. The highest BCUT2D eigenvalue weighted by Gasteiger charge is 2.09. The summed E-state index contributed by atoms with van der Waals surface area (Å²) in [6, 6.07) is -0.0664. The molecule has 2 N–H and O–H groups in total. The summed E-state index contributed by atoms with van der Waals surface area (Å²) in [4.78, 5) is 11.0. The second kappa shape index (κ2) is 5.75. The Morgan fingerprint density at radius 3 is 2.46 bits per heavy atom. The molecule has 0 aliphatic carbocycles. The smallest absolute Gasteiger partial charge is 0.333 e. The monoisotopic (exact) mass is 185 g/mol. The fourth-order valence-electron chi connectivity index (χ4n) is 0.979. The van der Waals surface area contributed by atoms with Crippen LogP contribution in [-0.2, 0) is 9.53 Å². The molecule has 0 rings (SSSR count). The number of nitrogens with two attached hydrogens (primary N) is 1. The van der Waals surface area contributed by atoms with Crippen molar-refractivity contribution in [3.63, 3.8) is 0 Å². The number of esters is 1. The van der Waals surface area contributed by atoms with Crippen LogP contribution in [-0.4, -0.2) is 18.6 Å². The van der Waals surface area contributed by atoms with Gasteiger partial charge in [0.2, 0.25) is 0 Å². The first kappa shape index (κ1) is 12.2. The van der Waals surface area contributed by atoms with Crippen LogP contribution in [0.2, 0.25) is 0 Å². The van der Waals surface area contributed by atoms with E-state index in [1.807, 2.05) is 0 Å². The van der Waals surface area contributed by atoms with Crippen molar-refractivity contribution < 1.29 is 9.53 Å². The van der Waals surface area contributed by atoms with E-state index >= 15 is 0 Å². The third-order valence-corrected chi connectivity index (χ3v) is 1.55. The summed E-state index contributed by atoms with van der Waals surface area (Å²) in [5.41, 5.74) is 6.13. The topological polar surface area (TPSA) is 52.3 Å². The van der Waals surface area contributed by atoms with Crippen LogP contribution in [0, 0.1) is 5.92 Å². The van der Waals surface area contributed by atoms with Crippen molar-refractivity contribution in [1.82, 2.24) is 0 Å². The summed E-state index contributed by atoms with van der Waals surface area (Å²) in [6.45, 7) is 9.55. The Labute approximate surface area is 79.9 Å². The van der Waals surface area contributed by atoms with Crippen molar-refractivity contribution >= 4 is 5.97 Å². The van der Waals surface area contributed by atoms with E-state index in [1.165, 1.54) is 0 Å². The molecule has 0 amide bonds. The molecule has 0 heterocycles. The van der Waals surface area contributed by atoms with Gasteiger partial charge in [0.1, 0.15) is 6.61 Å². The summed E-state index contributed by atoms with van der Waals surface area (Å²) < 4.78 is 4.90. The van der Waals surface area contributed by atoms with E-state index in [-0.39, 0.29) is 18.6 Å². The van der Waals surface area contributed by atoms with E-state index in [2.05, 4.69) is 20.4 Å². The van der Waals surface area contributed by atoms with Crippen molar-refractivity contribution in [2.45, 2.75) is 33.2 Å². The minimum atomic E-state index is -0.362. The van der Waals surface area contributed by atoms with Gasteiger partial charge in [0.05, 0.1) is 0 Å². The van der Waals surface area contributed by atoms with Crippen LogP contribution < -0.4 is 5.73 Å². The van der Waals surface area contributed by atoms with E-state index in [0.717, 1.165) is 6.42 Å². The maximum absolute atomic E-state index is 11.0. The minimum Gasteiger partial charge on any atom is -0.461 e. The average Bonchev–Trinajstić information content (AvgIpc) is 1.98. The van der Waals surface area contributed by atoms with Crippen LogP contribution in [0.1, 0.15) is 27.2 Å². The van der Waals surface area contributed by atoms with Crippen LogP contribution in [0.5, 0.6) is 0 Å². The van der Waals surface area contributed by atoms with E-state index in [9.17, 15) is 4.79 Å². The number of rotatable bonds is 5. The van der Waals surface area contributed by atoms with Crippen LogP contribution >= 0.6 is 0 Å². The van der Waals surface area contributed by atoms with Gasteiger partial charge in [-0.3, -0.25) is 0 Å². The molecule has 76 valence electrons. The van der Waals surface area contributed by atoms with Crippen molar-refractivity contribution in [3.8, 4) is 0 Å². The number of hydrogen-bond donors (Lipinski definition) is 1. The maximum Gasteiger partial charge on any atom is 0.333 e. The molecule has 0 aromatic heterocycles. The Kier molecular flexibility index (Phi) is 5.39. The van der Waals surface area contributed by atoms with Gasteiger partial charge < -0.3 is 10.5 Å². The molecule has 13 heavy (non-hydrogen) atoms. The van der Waals surface area contributed by atoms with Gasteiger partial charge in [-0.15, -0.1) is 0 Å². The molecule has 0 spiro atoms. The summed E-state index contributed by atoms with van der Waals surface area (Å²) in [5, 5.41) is 0. The molecular weight excluding hydrogens is 166 g/mol. The number of carbonyl (C=O) groups excluding carboxylic acids is 1. The molecule has 0 saturated heterocycles. The third kappa shape index (κ3) is 6.34. The highest BCUT2D eigenvalue weighted by molar-refractivity contribution is 5.86. The van der Waals surface area contributed by atoms with Gasteiger partial charge in [-0.1, -0.05) is 20.4 Å². The molecule has 0 aromatic rings. The lowest BCUT2D eigenvalue weighted by Crippen LogP contribution is -2.29. The number of ether oxygens (including phenoxy) is 1. The Bertz CT molecular complexity index is 187. The fraction of sp³-hybridized carbons (Fsp3) is 0.700. The minimum absolute atomic E-state index is 0.0664. The van der Waals surface area contributed by atoms with Crippen LogP contribution in [0.4, 0.5) is 0 Å². The molecule has 3 heteroatoms. The second-order valence-electron chi connectivity index (χ2n) is 3.77. The van der Waals surface area contributed by atoms with Gasteiger partial charge in [-0.05, 0) is 19.3 Å². The third-order valence-electron chi connectivity index (χ3n) is 1.55. The molecule has 1 atom stereocenters. The highest BCUT2D eigenvalue weighted by Crippen LogP contribution is 2.03. The second-order valence-corrected chi connectivity index (χ2v) is 3.77. The summed E-state index contributed by atoms with van der Waals surface area (Å²) in [6.07, 6.45) is 0.865. The molecule has 0 radical (unpaired) electrons. The molecule has 0 aliphatic heterocycles. The fourth-order valence-corrected chi connectivity index (χ4v) is 0.979. The normalized spacial score (nSPS) is 12.7. The van der Waals surface area contributed by atoms with Crippen molar-refractivity contribution in [2.75, 3.05) is 6.61 Å². The standard InChI is InChI=1S/C10H19NO2/c1-7(2)5-9(11)6-13-10(12)8(3)4/h7,9H,3,5-6,11H2,1-2,4H3. The molecule has 0 saturated carbocycles. The number of hydrogen-bond acceptors (Lipinski definition) is 3.